The maximum Gasteiger partial charge on any atom is 0.391 e. The Bertz CT molecular complexity index is 452. The first kappa shape index (κ1) is 15.9. The third-order valence-corrected chi connectivity index (χ3v) is 2.97. The Hall–Kier alpha value is -1.12. The average Bonchev–Trinajstić information content (AvgIpc) is 2.33. The molecule has 0 unspecified atom stereocenters. The van der Waals surface area contributed by atoms with Crippen molar-refractivity contribution in [3.63, 3.8) is 0 Å². The van der Waals surface area contributed by atoms with E-state index in [-0.39, 0.29) is 6.61 Å². The number of rotatable bonds is 5. The smallest absolute Gasteiger partial charge is 0.376 e. The summed E-state index contributed by atoms with van der Waals surface area (Å²) in [6.07, 6.45) is -5.21. The quantitative estimate of drug-likeness (QED) is 0.374. The molecule has 1 aromatic rings. The van der Waals surface area contributed by atoms with Crippen LogP contribution in [0.25, 0.3) is 0 Å². The van der Waals surface area contributed by atoms with Crippen LogP contribution < -0.4 is 11.3 Å². The number of benzene rings is 1. The lowest BCUT2D eigenvalue weighted by Crippen LogP contribution is -2.29. The molecule has 0 fully saturated rings. The minimum absolute atomic E-state index is 0.0290. The number of ether oxygens (including phenoxy) is 1. The SMILES string of the molecule is NNC(=O)c1ccc(COCCC(F)(F)F)c(Br)c1. The Labute approximate surface area is 116 Å². The molecule has 0 saturated heterocycles. The van der Waals surface area contributed by atoms with E-state index in [2.05, 4.69) is 15.9 Å². The summed E-state index contributed by atoms with van der Waals surface area (Å²) in [6, 6.07) is 4.61. The average molecular weight is 341 g/mol. The van der Waals surface area contributed by atoms with E-state index in [4.69, 9.17) is 10.6 Å². The van der Waals surface area contributed by atoms with Crippen LogP contribution in [-0.4, -0.2) is 18.7 Å². The Morgan fingerprint density at radius 2 is 2.11 bits per heavy atom. The molecule has 8 heteroatoms. The number of nitrogens with two attached hydrogens (primary N) is 1. The first-order valence-corrected chi connectivity index (χ1v) is 6.06. The van der Waals surface area contributed by atoms with Gasteiger partial charge in [-0.3, -0.25) is 10.2 Å². The molecule has 0 aliphatic heterocycles. The normalized spacial score (nSPS) is 11.4. The standard InChI is InChI=1S/C11H12BrF3N2O2/c12-9-5-7(10(18)17-16)1-2-8(9)6-19-4-3-11(13,14)15/h1-2,5H,3-4,6,16H2,(H,17,18). The molecule has 106 valence electrons. The number of hydrazine groups is 1. The van der Waals surface area contributed by atoms with Crippen LogP contribution >= 0.6 is 15.9 Å². The van der Waals surface area contributed by atoms with Crippen LogP contribution in [0, 0.1) is 0 Å². The summed E-state index contributed by atoms with van der Waals surface area (Å²) >= 11 is 3.21. The van der Waals surface area contributed by atoms with Gasteiger partial charge in [0.05, 0.1) is 19.6 Å². The fourth-order valence-electron chi connectivity index (χ4n) is 1.26. The number of amides is 1. The van der Waals surface area contributed by atoms with Crippen molar-refractivity contribution in [3.8, 4) is 0 Å². The molecule has 19 heavy (non-hydrogen) atoms. The first-order valence-electron chi connectivity index (χ1n) is 5.27. The third kappa shape index (κ3) is 5.58. The molecular weight excluding hydrogens is 329 g/mol. The van der Waals surface area contributed by atoms with Crippen LogP contribution in [0.5, 0.6) is 0 Å². The molecule has 0 spiro atoms. The van der Waals surface area contributed by atoms with Crippen LogP contribution in [0.15, 0.2) is 22.7 Å². The molecule has 4 nitrogen and oxygen atoms in total. The molecule has 0 saturated carbocycles. The number of carbonyl (C=O) groups is 1. The zero-order valence-electron chi connectivity index (χ0n) is 9.76. The molecule has 0 heterocycles. The summed E-state index contributed by atoms with van der Waals surface area (Å²) in [5, 5.41) is 0. The summed E-state index contributed by atoms with van der Waals surface area (Å²) in [7, 11) is 0. The minimum atomic E-state index is -4.22. The zero-order chi connectivity index (χ0) is 14.5. The predicted octanol–water partition coefficient (Wildman–Crippen LogP) is 2.52. The second kappa shape index (κ2) is 6.88. The lowest BCUT2D eigenvalue weighted by atomic mass is 10.1. The molecule has 1 amide bonds. The minimum Gasteiger partial charge on any atom is -0.376 e. The van der Waals surface area contributed by atoms with Gasteiger partial charge in [-0.2, -0.15) is 13.2 Å². The molecule has 1 aromatic carbocycles. The fourth-order valence-corrected chi connectivity index (χ4v) is 1.75. The van der Waals surface area contributed by atoms with E-state index in [0.29, 0.717) is 15.6 Å². The summed E-state index contributed by atoms with van der Waals surface area (Å²) in [6.45, 7) is -0.373. The molecule has 0 aliphatic rings. The van der Waals surface area contributed by atoms with Crippen LogP contribution in [0.4, 0.5) is 13.2 Å². The Morgan fingerprint density at radius 1 is 1.42 bits per heavy atom. The van der Waals surface area contributed by atoms with E-state index >= 15 is 0 Å². The molecule has 1 rings (SSSR count). The van der Waals surface area contributed by atoms with Crippen molar-refractivity contribution in [2.45, 2.75) is 19.2 Å². The van der Waals surface area contributed by atoms with Crippen molar-refractivity contribution in [2.75, 3.05) is 6.61 Å². The highest BCUT2D eigenvalue weighted by atomic mass is 79.9. The van der Waals surface area contributed by atoms with Gasteiger partial charge in [-0.1, -0.05) is 22.0 Å². The predicted molar refractivity (Wildman–Crippen MR) is 66.1 cm³/mol. The maximum absolute atomic E-state index is 11.9. The molecule has 0 radical (unpaired) electrons. The fraction of sp³-hybridized carbons (Fsp3) is 0.364. The van der Waals surface area contributed by atoms with Gasteiger partial charge >= 0.3 is 6.18 Å². The number of hydrogen-bond acceptors (Lipinski definition) is 3. The van der Waals surface area contributed by atoms with Crippen LogP contribution in [0.1, 0.15) is 22.3 Å². The number of carbonyl (C=O) groups excluding carboxylic acids is 1. The highest BCUT2D eigenvalue weighted by molar-refractivity contribution is 9.10. The second-order valence-electron chi connectivity index (χ2n) is 3.70. The number of nitrogens with one attached hydrogen (secondary N) is 1. The topological polar surface area (TPSA) is 64.3 Å². The molecule has 0 aromatic heterocycles. The van der Waals surface area contributed by atoms with Crippen molar-refractivity contribution in [1.29, 1.82) is 0 Å². The molecule has 0 aliphatic carbocycles. The Morgan fingerprint density at radius 3 is 2.63 bits per heavy atom. The van der Waals surface area contributed by atoms with E-state index in [9.17, 15) is 18.0 Å². The van der Waals surface area contributed by atoms with Gasteiger partial charge in [-0.05, 0) is 17.7 Å². The Balaban J connectivity index is 2.54. The zero-order valence-corrected chi connectivity index (χ0v) is 11.3. The van der Waals surface area contributed by atoms with Crippen molar-refractivity contribution in [3.05, 3.63) is 33.8 Å². The summed E-state index contributed by atoms with van der Waals surface area (Å²) < 4.78 is 41.2. The van der Waals surface area contributed by atoms with E-state index in [0.717, 1.165) is 0 Å². The lowest BCUT2D eigenvalue weighted by Gasteiger charge is -2.09. The van der Waals surface area contributed by atoms with E-state index in [1.54, 1.807) is 6.07 Å². The maximum atomic E-state index is 11.9. The summed E-state index contributed by atoms with van der Waals surface area (Å²) in [4.78, 5) is 11.2. The lowest BCUT2D eigenvalue weighted by molar-refractivity contribution is -0.146. The van der Waals surface area contributed by atoms with Crippen molar-refractivity contribution in [1.82, 2.24) is 5.43 Å². The van der Waals surface area contributed by atoms with Gasteiger partial charge in [-0.15, -0.1) is 0 Å². The van der Waals surface area contributed by atoms with Crippen LogP contribution in [0.3, 0.4) is 0 Å². The van der Waals surface area contributed by atoms with Gasteiger partial charge in [0.15, 0.2) is 0 Å². The van der Waals surface area contributed by atoms with Crippen molar-refractivity contribution in [2.24, 2.45) is 5.84 Å². The van der Waals surface area contributed by atoms with Gasteiger partial charge in [0.1, 0.15) is 0 Å². The van der Waals surface area contributed by atoms with E-state index in [1.807, 2.05) is 5.43 Å². The molecule has 0 bridgehead atoms. The summed E-state index contributed by atoms with van der Waals surface area (Å²) in [5.41, 5.74) is 2.97. The number of alkyl halides is 3. The van der Waals surface area contributed by atoms with E-state index in [1.165, 1.54) is 12.1 Å². The number of nitrogen functional groups attached to an aromatic ring is 1. The summed E-state index contributed by atoms with van der Waals surface area (Å²) in [5.74, 6) is 4.53. The van der Waals surface area contributed by atoms with Crippen LogP contribution in [0.2, 0.25) is 0 Å². The molecular formula is C11H12BrF3N2O2. The highest BCUT2D eigenvalue weighted by Crippen LogP contribution is 2.22. The number of halogens is 4. The van der Waals surface area contributed by atoms with Gasteiger partial charge in [-0.25, -0.2) is 5.84 Å². The van der Waals surface area contributed by atoms with Gasteiger partial charge < -0.3 is 4.74 Å². The molecule has 3 N–H and O–H groups in total. The van der Waals surface area contributed by atoms with Gasteiger partial charge in [0.25, 0.3) is 5.91 Å². The van der Waals surface area contributed by atoms with Crippen LogP contribution in [-0.2, 0) is 11.3 Å². The first-order chi connectivity index (χ1) is 8.83. The largest absolute Gasteiger partial charge is 0.391 e. The Kier molecular flexibility index (Phi) is 5.77. The van der Waals surface area contributed by atoms with Crippen molar-refractivity contribution < 1.29 is 22.7 Å². The molecule has 0 atom stereocenters. The third-order valence-electron chi connectivity index (χ3n) is 2.23. The number of hydrogen-bond donors (Lipinski definition) is 2. The van der Waals surface area contributed by atoms with Gasteiger partial charge in [0, 0.05) is 10.0 Å². The second-order valence-corrected chi connectivity index (χ2v) is 4.55. The highest BCUT2D eigenvalue weighted by Gasteiger charge is 2.26. The van der Waals surface area contributed by atoms with Gasteiger partial charge in [0.2, 0.25) is 0 Å². The monoisotopic (exact) mass is 340 g/mol. The van der Waals surface area contributed by atoms with E-state index < -0.39 is 25.1 Å². The van der Waals surface area contributed by atoms with Crippen molar-refractivity contribution >= 4 is 21.8 Å².